The number of furan rings is 1. The third-order valence-electron chi connectivity index (χ3n) is 5.26. The van der Waals surface area contributed by atoms with E-state index in [1.807, 2.05) is 61.5 Å². The molecule has 0 bridgehead atoms. The third-order valence-corrected chi connectivity index (χ3v) is 5.26. The van der Waals surface area contributed by atoms with Crippen molar-refractivity contribution in [3.8, 4) is 5.75 Å². The lowest BCUT2D eigenvalue weighted by molar-refractivity contribution is -0.125. The van der Waals surface area contributed by atoms with Gasteiger partial charge in [-0.2, -0.15) is 0 Å². The van der Waals surface area contributed by atoms with Crippen LogP contribution in [0.2, 0.25) is 0 Å². The number of carbonyl (C=O) groups is 1. The van der Waals surface area contributed by atoms with E-state index in [-0.39, 0.29) is 5.91 Å². The molecule has 162 valence electrons. The molecule has 4 aromatic rings. The van der Waals surface area contributed by atoms with Crippen LogP contribution in [0.15, 0.2) is 77.4 Å². The van der Waals surface area contributed by atoms with Crippen molar-refractivity contribution in [2.75, 3.05) is 12.8 Å². The van der Waals surface area contributed by atoms with Gasteiger partial charge in [0.2, 0.25) is 5.91 Å². The molecule has 0 saturated carbocycles. The van der Waals surface area contributed by atoms with E-state index in [0.717, 1.165) is 33.4 Å². The van der Waals surface area contributed by atoms with Crippen molar-refractivity contribution in [2.45, 2.75) is 20.1 Å². The fraction of sp³-hybridized carbons (Fsp3) is 0.154. The highest BCUT2D eigenvalue weighted by atomic mass is 16.5. The number of pyridine rings is 1. The molecule has 0 fully saturated rings. The summed E-state index contributed by atoms with van der Waals surface area (Å²) in [7, 11) is 1.74. The summed E-state index contributed by atoms with van der Waals surface area (Å²) in [5.74, 6) is 1.42. The van der Waals surface area contributed by atoms with Crippen molar-refractivity contribution < 1.29 is 13.9 Å². The maximum atomic E-state index is 12.6. The SMILES string of the molecule is Cc1c(CN(C)C(=O)/C=C/c2cnc(N)c(OCc3ccccc3)c2)oc2ccccc12. The Morgan fingerprint density at radius 1 is 1.16 bits per heavy atom. The predicted molar refractivity (Wildman–Crippen MR) is 126 cm³/mol. The highest BCUT2D eigenvalue weighted by Gasteiger charge is 2.14. The molecule has 4 rings (SSSR count). The van der Waals surface area contributed by atoms with Crippen LogP contribution in [-0.2, 0) is 17.9 Å². The minimum absolute atomic E-state index is 0.145. The number of para-hydroxylation sites is 1. The number of rotatable bonds is 7. The Morgan fingerprint density at radius 3 is 2.69 bits per heavy atom. The summed E-state index contributed by atoms with van der Waals surface area (Å²) >= 11 is 0. The number of hydrogen-bond donors (Lipinski definition) is 1. The molecule has 2 N–H and O–H groups in total. The first kappa shape index (κ1) is 21.2. The van der Waals surface area contributed by atoms with Crippen LogP contribution in [-0.4, -0.2) is 22.8 Å². The van der Waals surface area contributed by atoms with Crippen LogP contribution in [0.1, 0.15) is 22.5 Å². The molecule has 2 aromatic heterocycles. The Morgan fingerprint density at radius 2 is 1.91 bits per heavy atom. The lowest BCUT2D eigenvalue weighted by atomic mass is 10.1. The van der Waals surface area contributed by atoms with Crippen LogP contribution in [0.5, 0.6) is 5.75 Å². The maximum Gasteiger partial charge on any atom is 0.246 e. The van der Waals surface area contributed by atoms with Crippen molar-refractivity contribution in [3.05, 3.63) is 95.4 Å². The molecule has 6 heteroatoms. The summed E-state index contributed by atoms with van der Waals surface area (Å²) in [5, 5.41) is 1.06. The number of hydrogen-bond acceptors (Lipinski definition) is 5. The van der Waals surface area contributed by atoms with Crippen molar-refractivity contribution in [1.29, 1.82) is 0 Å². The molecule has 0 aliphatic rings. The zero-order chi connectivity index (χ0) is 22.5. The summed E-state index contributed by atoms with van der Waals surface area (Å²) in [4.78, 5) is 18.4. The van der Waals surface area contributed by atoms with E-state index in [9.17, 15) is 4.79 Å². The van der Waals surface area contributed by atoms with E-state index >= 15 is 0 Å². The van der Waals surface area contributed by atoms with Crippen molar-refractivity contribution in [2.24, 2.45) is 0 Å². The Labute approximate surface area is 186 Å². The summed E-state index contributed by atoms with van der Waals surface area (Å²) < 4.78 is 11.7. The van der Waals surface area contributed by atoms with E-state index in [4.69, 9.17) is 14.9 Å². The number of fused-ring (bicyclic) bond motifs is 1. The normalized spacial score (nSPS) is 11.2. The summed E-state index contributed by atoms with van der Waals surface area (Å²) in [6.45, 7) is 2.78. The number of carbonyl (C=O) groups excluding carboxylic acids is 1. The first-order chi connectivity index (χ1) is 15.5. The number of anilines is 1. The molecule has 32 heavy (non-hydrogen) atoms. The van der Waals surface area contributed by atoms with Gasteiger partial charge in [0, 0.05) is 30.3 Å². The van der Waals surface area contributed by atoms with E-state index < -0.39 is 0 Å². The second-order valence-electron chi connectivity index (χ2n) is 7.60. The van der Waals surface area contributed by atoms with Crippen LogP contribution in [0.3, 0.4) is 0 Å². The lowest BCUT2D eigenvalue weighted by Crippen LogP contribution is -2.24. The predicted octanol–water partition coefficient (Wildman–Crippen LogP) is 4.97. The third kappa shape index (κ3) is 4.81. The molecule has 1 amide bonds. The molecule has 0 aliphatic carbocycles. The number of amides is 1. The number of nitrogen functional groups attached to an aromatic ring is 1. The maximum absolute atomic E-state index is 12.6. The van der Waals surface area contributed by atoms with Gasteiger partial charge < -0.3 is 19.8 Å². The summed E-state index contributed by atoms with van der Waals surface area (Å²) in [5.41, 5.74) is 9.58. The van der Waals surface area contributed by atoms with Gasteiger partial charge in [-0.05, 0) is 36.3 Å². The molecule has 0 saturated heterocycles. The van der Waals surface area contributed by atoms with Crippen molar-refractivity contribution in [3.63, 3.8) is 0 Å². The lowest BCUT2D eigenvalue weighted by Gasteiger charge is -2.14. The number of nitrogens with zero attached hydrogens (tertiary/aromatic N) is 2. The first-order valence-corrected chi connectivity index (χ1v) is 10.3. The number of benzene rings is 2. The zero-order valence-electron chi connectivity index (χ0n) is 18.1. The van der Waals surface area contributed by atoms with Crippen LogP contribution in [0, 0.1) is 6.92 Å². The van der Waals surface area contributed by atoms with Crippen LogP contribution in [0.4, 0.5) is 5.82 Å². The fourth-order valence-corrected chi connectivity index (χ4v) is 3.38. The number of nitrogens with two attached hydrogens (primary N) is 1. The van der Waals surface area contributed by atoms with Crippen LogP contribution >= 0.6 is 0 Å². The van der Waals surface area contributed by atoms with Gasteiger partial charge in [-0.1, -0.05) is 48.5 Å². The molecular weight excluding hydrogens is 402 g/mol. The van der Waals surface area contributed by atoms with Crippen molar-refractivity contribution >= 4 is 28.8 Å². The molecule has 0 unspecified atom stereocenters. The molecular formula is C26H25N3O3. The number of aryl methyl sites for hydroxylation is 1. The minimum Gasteiger partial charge on any atom is -0.485 e. The Kier molecular flexibility index (Phi) is 6.22. The van der Waals surface area contributed by atoms with Gasteiger partial charge in [0.05, 0.1) is 6.54 Å². The van der Waals surface area contributed by atoms with E-state index in [2.05, 4.69) is 4.98 Å². The van der Waals surface area contributed by atoms with Gasteiger partial charge in [-0.3, -0.25) is 4.79 Å². The van der Waals surface area contributed by atoms with Crippen LogP contribution < -0.4 is 10.5 Å². The fourth-order valence-electron chi connectivity index (χ4n) is 3.38. The summed E-state index contributed by atoms with van der Waals surface area (Å²) in [6.07, 6.45) is 4.82. The molecule has 0 radical (unpaired) electrons. The van der Waals surface area contributed by atoms with Gasteiger partial charge in [-0.25, -0.2) is 4.98 Å². The highest BCUT2D eigenvalue weighted by molar-refractivity contribution is 5.91. The van der Waals surface area contributed by atoms with Gasteiger partial charge in [-0.15, -0.1) is 0 Å². The highest BCUT2D eigenvalue weighted by Crippen LogP contribution is 2.26. The largest absolute Gasteiger partial charge is 0.485 e. The average molecular weight is 428 g/mol. The van der Waals surface area contributed by atoms with E-state index in [1.165, 1.54) is 6.08 Å². The Balaban J connectivity index is 1.41. The smallest absolute Gasteiger partial charge is 0.246 e. The Bertz CT molecular complexity index is 1260. The molecule has 2 heterocycles. The molecule has 0 atom stereocenters. The molecule has 0 spiro atoms. The van der Waals surface area contributed by atoms with Crippen molar-refractivity contribution in [1.82, 2.24) is 9.88 Å². The number of ether oxygens (including phenoxy) is 1. The van der Waals surface area contributed by atoms with Gasteiger partial charge >= 0.3 is 0 Å². The second-order valence-corrected chi connectivity index (χ2v) is 7.60. The van der Waals surface area contributed by atoms with Gasteiger partial charge in [0.25, 0.3) is 0 Å². The molecule has 2 aromatic carbocycles. The first-order valence-electron chi connectivity index (χ1n) is 10.3. The Hall–Kier alpha value is -4.06. The minimum atomic E-state index is -0.145. The number of aromatic nitrogens is 1. The van der Waals surface area contributed by atoms with E-state index in [0.29, 0.717) is 24.7 Å². The van der Waals surface area contributed by atoms with E-state index in [1.54, 1.807) is 30.3 Å². The van der Waals surface area contributed by atoms with Gasteiger partial charge in [0.1, 0.15) is 18.0 Å². The standard InChI is InChI=1S/C26H25N3O3/c1-18-21-10-6-7-11-22(21)32-24(18)16-29(2)25(30)13-12-20-14-23(26(27)28-15-20)31-17-19-8-4-3-5-9-19/h3-15H,16-17H2,1-2H3,(H2,27,28)/b13-12+. The topological polar surface area (TPSA) is 81.6 Å². The molecule has 6 nitrogen and oxygen atoms in total. The second kappa shape index (κ2) is 9.39. The average Bonchev–Trinajstić information content (AvgIpc) is 3.13. The van der Waals surface area contributed by atoms with Gasteiger partial charge in [0.15, 0.2) is 11.6 Å². The van der Waals surface area contributed by atoms with Crippen LogP contribution in [0.25, 0.3) is 17.0 Å². The molecule has 0 aliphatic heterocycles. The number of likely N-dealkylation sites (N-methyl/N-ethyl adjacent to an activating group) is 1. The quantitative estimate of drug-likeness (QED) is 0.421. The monoisotopic (exact) mass is 427 g/mol. The zero-order valence-corrected chi connectivity index (χ0v) is 18.1. The summed E-state index contributed by atoms with van der Waals surface area (Å²) in [6, 6.07) is 19.5.